The van der Waals surface area contributed by atoms with Crippen LogP contribution in [-0.2, 0) is 0 Å². The fourth-order valence-electron chi connectivity index (χ4n) is 2.36. The van der Waals surface area contributed by atoms with Crippen LogP contribution in [0.15, 0.2) is 29.6 Å². The summed E-state index contributed by atoms with van der Waals surface area (Å²) in [6.07, 6.45) is 2.74. The summed E-state index contributed by atoms with van der Waals surface area (Å²) in [5.74, 6) is 1.47. The molecule has 1 saturated carbocycles. The maximum atomic E-state index is 6.62. The van der Waals surface area contributed by atoms with E-state index in [1.54, 1.807) is 0 Å². The van der Waals surface area contributed by atoms with Crippen LogP contribution in [0.1, 0.15) is 30.7 Å². The third kappa shape index (κ3) is 1.76. The molecule has 0 saturated heterocycles. The first-order valence-corrected chi connectivity index (χ1v) is 7.19. The van der Waals surface area contributed by atoms with Gasteiger partial charge in [0.1, 0.15) is 0 Å². The Bertz CT molecular complexity index is 498. The second kappa shape index (κ2) is 4.05. The summed E-state index contributed by atoms with van der Waals surface area (Å²) in [5.41, 5.74) is 1.33. The fraction of sp³-hybridized carbons (Fsp3) is 0.429. The van der Waals surface area contributed by atoms with Crippen molar-refractivity contribution < 1.29 is 0 Å². The van der Waals surface area contributed by atoms with Crippen molar-refractivity contribution in [2.75, 3.05) is 0 Å². The van der Waals surface area contributed by atoms with Crippen molar-refractivity contribution >= 4 is 33.0 Å². The molecule has 2 heteroatoms. The van der Waals surface area contributed by atoms with Crippen LogP contribution in [0.2, 0.25) is 0 Å². The van der Waals surface area contributed by atoms with Crippen LogP contribution in [-0.4, -0.2) is 0 Å². The topological polar surface area (TPSA) is 0 Å². The lowest BCUT2D eigenvalue weighted by Crippen LogP contribution is -2.05. The molecule has 1 aliphatic carbocycles. The highest BCUT2D eigenvalue weighted by Crippen LogP contribution is 2.47. The van der Waals surface area contributed by atoms with Gasteiger partial charge in [0, 0.05) is 4.70 Å². The van der Waals surface area contributed by atoms with Crippen LogP contribution in [0, 0.1) is 11.8 Å². The maximum absolute atomic E-state index is 6.62. The third-order valence-corrected chi connectivity index (χ3v) is 5.25. The van der Waals surface area contributed by atoms with Gasteiger partial charge in [-0.3, -0.25) is 0 Å². The Labute approximate surface area is 105 Å². The van der Waals surface area contributed by atoms with Crippen molar-refractivity contribution in [3.63, 3.8) is 0 Å². The average molecular weight is 251 g/mol. The van der Waals surface area contributed by atoms with E-state index in [2.05, 4.69) is 36.6 Å². The fourth-order valence-corrected chi connectivity index (χ4v) is 3.81. The largest absolute Gasteiger partial charge is 0.143 e. The molecule has 1 aromatic carbocycles. The Balaban J connectivity index is 1.98. The van der Waals surface area contributed by atoms with E-state index in [4.69, 9.17) is 11.6 Å². The van der Waals surface area contributed by atoms with E-state index in [1.165, 1.54) is 28.5 Å². The lowest BCUT2D eigenvalue weighted by Gasteiger charge is -2.16. The molecule has 2 atom stereocenters. The summed E-state index contributed by atoms with van der Waals surface area (Å²) in [7, 11) is 0. The molecular formula is C14H15ClS. The predicted molar refractivity (Wildman–Crippen MR) is 72.3 cm³/mol. The van der Waals surface area contributed by atoms with Crippen molar-refractivity contribution in [1.29, 1.82) is 0 Å². The highest BCUT2D eigenvalue weighted by Gasteiger charge is 2.33. The summed E-state index contributed by atoms with van der Waals surface area (Å²) >= 11 is 8.43. The normalized spacial score (nSPS) is 19.9. The van der Waals surface area contributed by atoms with Crippen molar-refractivity contribution in [3.8, 4) is 0 Å². The SMILES string of the molecule is CC(C1CC1)C(Cl)c1csc2ccccc12. The molecule has 0 spiro atoms. The molecule has 2 aromatic rings. The first-order chi connectivity index (χ1) is 7.77. The highest BCUT2D eigenvalue weighted by atomic mass is 35.5. The van der Waals surface area contributed by atoms with Crippen LogP contribution >= 0.6 is 22.9 Å². The monoisotopic (exact) mass is 250 g/mol. The van der Waals surface area contributed by atoms with Crippen LogP contribution in [0.4, 0.5) is 0 Å². The molecular weight excluding hydrogens is 236 g/mol. The summed E-state index contributed by atoms with van der Waals surface area (Å²) < 4.78 is 1.35. The first kappa shape index (κ1) is 10.6. The Morgan fingerprint density at radius 1 is 1.31 bits per heavy atom. The van der Waals surface area contributed by atoms with E-state index in [-0.39, 0.29) is 5.38 Å². The van der Waals surface area contributed by atoms with Gasteiger partial charge in [0.15, 0.2) is 0 Å². The molecule has 0 amide bonds. The van der Waals surface area contributed by atoms with E-state index < -0.39 is 0 Å². The number of hydrogen-bond acceptors (Lipinski definition) is 1. The van der Waals surface area contributed by atoms with Gasteiger partial charge < -0.3 is 0 Å². The summed E-state index contributed by atoms with van der Waals surface area (Å²) in [6, 6.07) is 8.56. The lowest BCUT2D eigenvalue weighted by atomic mass is 9.96. The summed E-state index contributed by atoms with van der Waals surface area (Å²) in [6.45, 7) is 2.29. The highest BCUT2D eigenvalue weighted by molar-refractivity contribution is 7.17. The zero-order chi connectivity index (χ0) is 11.1. The molecule has 2 unspecified atom stereocenters. The number of fused-ring (bicyclic) bond motifs is 1. The van der Waals surface area contributed by atoms with E-state index in [1.807, 2.05) is 11.3 Å². The molecule has 0 aliphatic heterocycles. The van der Waals surface area contributed by atoms with Gasteiger partial charge in [-0.05, 0) is 47.1 Å². The van der Waals surface area contributed by atoms with Crippen LogP contribution in [0.3, 0.4) is 0 Å². The summed E-state index contributed by atoms with van der Waals surface area (Å²) in [5, 5.41) is 3.77. The maximum Gasteiger partial charge on any atom is 0.0627 e. The van der Waals surface area contributed by atoms with Crippen LogP contribution < -0.4 is 0 Å². The number of halogens is 1. The Morgan fingerprint density at radius 3 is 2.81 bits per heavy atom. The molecule has 84 valence electrons. The van der Waals surface area contributed by atoms with E-state index in [9.17, 15) is 0 Å². The molecule has 3 rings (SSSR count). The first-order valence-electron chi connectivity index (χ1n) is 5.87. The molecule has 0 bridgehead atoms. The Kier molecular flexibility index (Phi) is 2.68. The number of alkyl halides is 1. The molecule has 0 radical (unpaired) electrons. The number of rotatable bonds is 3. The van der Waals surface area contributed by atoms with Gasteiger partial charge in [-0.1, -0.05) is 25.1 Å². The van der Waals surface area contributed by atoms with Gasteiger partial charge >= 0.3 is 0 Å². The van der Waals surface area contributed by atoms with Gasteiger partial charge in [-0.2, -0.15) is 0 Å². The molecule has 1 heterocycles. The second-order valence-corrected chi connectivity index (χ2v) is 6.17. The van der Waals surface area contributed by atoms with E-state index in [0.29, 0.717) is 5.92 Å². The van der Waals surface area contributed by atoms with Crippen molar-refractivity contribution in [2.45, 2.75) is 25.1 Å². The van der Waals surface area contributed by atoms with E-state index in [0.717, 1.165) is 5.92 Å². The smallest absolute Gasteiger partial charge is 0.0627 e. The third-order valence-electron chi connectivity index (χ3n) is 3.64. The van der Waals surface area contributed by atoms with Gasteiger partial charge in [-0.25, -0.2) is 0 Å². The standard InChI is InChI=1S/C14H15ClS/c1-9(10-6-7-10)14(15)12-8-16-13-5-3-2-4-11(12)13/h2-5,8-10,14H,6-7H2,1H3. The number of thiophene rings is 1. The zero-order valence-electron chi connectivity index (χ0n) is 9.32. The van der Waals surface area contributed by atoms with Gasteiger partial charge in [0.25, 0.3) is 0 Å². The van der Waals surface area contributed by atoms with Crippen LogP contribution in [0.25, 0.3) is 10.1 Å². The van der Waals surface area contributed by atoms with Crippen LogP contribution in [0.5, 0.6) is 0 Å². The van der Waals surface area contributed by atoms with Crippen molar-refractivity contribution in [2.24, 2.45) is 11.8 Å². The Morgan fingerprint density at radius 2 is 2.06 bits per heavy atom. The number of benzene rings is 1. The molecule has 1 aromatic heterocycles. The quantitative estimate of drug-likeness (QED) is 0.655. The predicted octanol–water partition coefficient (Wildman–Crippen LogP) is 5.23. The van der Waals surface area contributed by atoms with Crippen molar-refractivity contribution in [1.82, 2.24) is 0 Å². The molecule has 0 nitrogen and oxygen atoms in total. The lowest BCUT2D eigenvalue weighted by molar-refractivity contribution is 0.493. The van der Waals surface area contributed by atoms with Crippen molar-refractivity contribution in [3.05, 3.63) is 35.2 Å². The van der Waals surface area contributed by atoms with Gasteiger partial charge in [-0.15, -0.1) is 22.9 Å². The molecule has 0 N–H and O–H groups in total. The second-order valence-electron chi connectivity index (χ2n) is 4.79. The average Bonchev–Trinajstić information content (AvgIpc) is 3.07. The molecule has 16 heavy (non-hydrogen) atoms. The summed E-state index contributed by atoms with van der Waals surface area (Å²) in [4.78, 5) is 0. The number of hydrogen-bond donors (Lipinski definition) is 0. The minimum Gasteiger partial charge on any atom is -0.143 e. The minimum atomic E-state index is 0.184. The van der Waals surface area contributed by atoms with Gasteiger partial charge in [0.2, 0.25) is 0 Å². The minimum absolute atomic E-state index is 0.184. The van der Waals surface area contributed by atoms with Gasteiger partial charge in [0.05, 0.1) is 5.38 Å². The molecule has 1 fully saturated rings. The van der Waals surface area contributed by atoms with E-state index >= 15 is 0 Å². The Hall–Kier alpha value is -0.530. The zero-order valence-corrected chi connectivity index (χ0v) is 10.9. The molecule has 1 aliphatic rings.